The Bertz CT molecular complexity index is 966. The Kier molecular flexibility index (Phi) is 3.19. The zero-order chi connectivity index (χ0) is 15.9. The van der Waals surface area contributed by atoms with Gasteiger partial charge in [-0.05, 0) is 52.9 Å². The maximum Gasteiger partial charge on any atom is 0.162 e. The topological polar surface area (TPSA) is 44.8 Å². The summed E-state index contributed by atoms with van der Waals surface area (Å²) in [5, 5.41) is 10.5. The van der Waals surface area contributed by atoms with Crippen LogP contribution >= 0.6 is 11.9 Å². The molecule has 5 heteroatoms. The van der Waals surface area contributed by atoms with Crippen LogP contribution in [0.5, 0.6) is 0 Å². The molecule has 0 aromatic heterocycles. The minimum absolute atomic E-state index is 0.411. The first-order valence-corrected chi connectivity index (χ1v) is 9.04. The molecule has 1 saturated heterocycles. The fourth-order valence-electron chi connectivity index (χ4n) is 3.46. The van der Waals surface area contributed by atoms with E-state index in [0.717, 1.165) is 23.6 Å². The Morgan fingerprint density at radius 1 is 1.12 bits per heavy atom. The van der Waals surface area contributed by atoms with Crippen LogP contribution < -0.4 is 4.31 Å². The Morgan fingerprint density at radius 2 is 2.04 bits per heavy atom. The SMILES string of the molecule is c1ccc(N2SCCC2c2ccc3c4cnnc-4[nH]cc3c2)cc1. The van der Waals surface area contributed by atoms with Gasteiger partial charge in [-0.25, -0.2) is 0 Å². The first kappa shape index (κ1) is 13.9. The van der Waals surface area contributed by atoms with Gasteiger partial charge in [0.2, 0.25) is 0 Å². The number of aromatic nitrogens is 3. The largest absolute Gasteiger partial charge is 0.344 e. The highest BCUT2D eigenvalue weighted by molar-refractivity contribution is 8.00. The molecule has 1 atom stereocenters. The Labute approximate surface area is 144 Å². The summed E-state index contributed by atoms with van der Waals surface area (Å²) in [6, 6.07) is 17.8. The maximum absolute atomic E-state index is 4.10. The molecule has 3 aliphatic heterocycles. The number of H-pyrrole nitrogens is 1. The second-order valence-electron chi connectivity index (χ2n) is 6.04. The summed E-state index contributed by atoms with van der Waals surface area (Å²) in [6.07, 6.45) is 5.02. The summed E-state index contributed by atoms with van der Waals surface area (Å²) in [7, 11) is 0. The third-order valence-electron chi connectivity index (χ3n) is 4.63. The molecular formula is C19H16N4S. The molecule has 3 aliphatic rings. The van der Waals surface area contributed by atoms with Gasteiger partial charge in [0.05, 0.1) is 12.2 Å². The van der Waals surface area contributed by atoms with Crippen molar-refractivity contribution in [1.29, 1.82) is 0 Å². The smallest absolute Gasteiger partial charge is 0.162 e. The van der Waals surface area contributed by atoms with Crippen molar-refractivity contribution >= 4 is 28.4 Å². The fraction of sp³-hybridized carbons (Fsp3) is 0.158. The number of hydrogen-bond donors (Lipinski definition) is 1. The minimum Gasteiger partial charge on any atom is -0.344 e. The number of hydrogen-bond acceptors (Lipinski definition) is 4. The van der Waals surface area contributed by atoms with E-state index < -0.39 is 0 Å². The molecule has 24 heavy (non-hydrogen) atoms. The Morgan fingerprint density at radius 3 is 2.96 bits per heavy atom. The zero-order valence-corrected chi connectivity index (χ0v) is 13.8. The van der Waals surface area contributed by atoms with E-state index in [4.69, 9.17) is 0 Å². The van der Waals surface area contributed by atoms with Crippen LogP contribution in [-0.4, -0.2) is 20.9 Å². The summed E-state index contributed by atoms with van der Waals surface area (Å²) >= 11 is 1.91. The van der Waals surface area contributed by atoms with E-state index in [1.165, 1.54) is 22.0 Å². The predicted octanol–water partition coefficient (Wildman–Crippen LogP) is 4.66. The maximum atomic E-state index is 4.10. The van der Waals surface area contributed by atoms with Crippen molar-refractivity contribution in [3.05, 3.63) is 66.5 Å². The molecule has 3 heterocycles. The Hall–Kier alpha value is -2.53. The number of nitrogens with zero attached hydrogens (tertiary/aromatic N) is 3. The molecule has 1 N–H and O–H groups in total. The second-order valence-corrected chi connectivity index (χ2v) is 7.10. The molecule has 0 bridgehead atoms. The van der Waals surface area contributed by atoms with E-state index in [-0.39, 0.29) is 0 Å². The molecule has 2 aromatic carbocycles. The summed E-state index contributed by atoms with van der Waals surface area (Å²) in [5.41, 5.74) is 3.72. The van der Waals surface area contributed by atoms with Crippen molar-refractivity contribution in [2.75, 3.05) is 10.1 Å². The van der Waals surface area contributed by atoms with Crippen molar-refractivity contribution in [2.45, 2.75) is 12.5 Å². The van der Waals surface area contributed by atoms with Crippen LogP contribution in [-0.2, 0) is 0 Å². The summed E-state index contributed by atoms with van der Waals surface area (Å²) in [4.78, 5) is 3.24. The highest BCUT2D eigenvalue weighted by Crippen LogP contribution is 2.42. The minimum atomic E-state index is 0.411. The van der Waals surface area contributed by atoms with Gasteiger partial charge >= 0.3 is 0 Å². The Balaban J connectivity index is 1.58. The van der Waals surface area contributed by atoms with Crippen LogP contribution in [0.4, 0.5) is 5.69 Å². The van der Waals surface area contributed by atoms with Gasteiger partial charge in [0, 0.05) is 23.2 Å². The van der Waals surface area contributed by atoms with E-state index in [2.05, 4.69) is 68.0 Å². The number of aromatic amines is 1. The first-order valence-electron chi connectivity index (χ1n) is 8.10. The van der Waals surface area contributed by atoms with Gasteiger partial charge in [0.15, 0.2) is 5.82 Å². The fourth-order valence-corrected chi connectivity index (χ4v) is 4.67. The number of benzene rings is 2. The third kappa shape index (κ3) is 2.16. The van der Waals surface area contributed by atoms with Crippen LogP contribution in [0, 0.1) is 0 Å². The van der Waals surface area contributed by atoms with Gasteiger partial charge in [0.1, 0.15) is 0 Å². The summed E-state index contributed by atoms with van der Waals surface area (Å²) in [6.45, 7) is 0. The first-order chi connectivity index (χ1) is 11.9. The molecule has 0 radical (unpaired) electrons. The molecule has 0 saturated carbocycles. The van der Waals surface area contributed by atoms with Crippen molar-refractivity contribution in [3.63, 3.8) is 0 Å². The number of pyridine rings is 1. The monoisotopic (exact) mass is 332 g/mol. The van der Waals surface area contributed by atoms with E-state index in [1.54, 1.807) is 0 Å². The van der Waals surface area contributed by atoms with E-state index in [9.17, 15) is 0 Å². The average molecular weight is 332 g/mol. The van der Waals surface area contributed by atoms with Gasteiger partial charge in [-0.15, -0.1) is 5.10 Å². The van der Waals surface area contributed by atoms with Gasteiger partial charge in [0.25, 0.3) is 0 Å². The highest BCUT2D eigenvalue weighted by Gasteiger charge is 2.27. The molecular weight excluding hydrogens is 316 g/mol. The highest BCUT2D eigenvalue weighted by atomic mass is 32.2. The molecule has 1 unspecified atom stereocenters. The number of fused-ring (bicyclic) bond motifs is 3. The molecule has 5 rings (SSSR count). The summed E-state index contributed by atoms with van der Waals surface area (Å²) < 4.78 is 2.44. The molecule has 0 aliphatic carbocycles. The lowest BCUT2D eigenvalue weighted by Gasteiger charge is -2.25. The van der Waals surface area contributed by atoms with Crippen LogP contribution in [0.15, 0.2) is 60.9 Å². The molecule has 2 aromatic rings. The molecule has 0 spiro atoms. The lowest BCUT2D eigenvalue weighted by atomic mass is 9.99. The normalized spacial score (nSPS) is 17.8. The van der Waals surface area contributed by atoms with E-state index in [1.807, 2.05) is 24.3 Å². The lowest BCUT2D eigenvalue weighted by Crippen LogP contribution is -2.15. The van der Waals surface area contributed by atoms with E-state index >= 15 is 0 Å². The van der Waals surface area contributed by atoms with Crippen molar-refractivity contribution in [2.24, 2.45) is 0 Å². The number of para-hydroxylation sites is 1. The standard InChI is InChI=1S/C19H16N4S/c1-2-4-15(5-3-1)23-18(8-9-24-23)13-6-7-16-14(10-13)11-20-19-17(16)12-21-22-19/h1-7,10-12,18H,8-9H2,(H,20,21,22). The zero-order valence-electron chi connectivity index (χ0n) is 13.0. The number of rotatable bonds is 2. The van der Waals surface area contributed by atoms with Gasteiger partial charge in [-0.3, -0.25) is 0 Å². The molecule has 1 fully saturated rings. The predicted molar refractivity (Wildman–Crippen MR) is 99.2 cm³/mol. The number of nitrogens with one attached hydrogen (secondary N) is 1. The van der Waals surface area contributed by atoms with Crippen LogP contribution in [0.2, 0.25) is 0 Å². The van der Waals surface area contributed by atoms with Gasteiger partial charge in [-0.2, -0.15) is 5.10 Å². The number of anilines is 1. The second kappa shape index (κ2) is 5.53. The van der Waals surface area contributed by atoms with Gasteiger partial charge < -0.3 is 9.29 Å². The quantitative estimate of drug-likeness (QED) is 0.542. The molecule has 4 nitrogen and oxygen atoms in total. The third-order valence-corrected chi connectivity index (χ3v) is 5.79. The lowest BCUT2D eigenvalue weighted by molar-refractivity contribution is 0.744. The molecule has 118 valence electrons. The van der Waals surface area contributed by atoms with Crippen molar-refractivity contribution in [1.82, 2.24) is 15.2 Å². The van der Waals surface area contributed by atoms with Crippen molar-refractivity contribution in [3.8, 4) is 11.4 Å². The summed E-state index contributed by atoms with van der Waals surface area (Å²) in [5.74, 6) is 2.00. The van der Waals surface area contributed by atoms with E-state index in [0.29, 0.717) is 6.04 Å². The van der Waals surface area contributed by atoms with Crippen LogP contribution in [0.1, 0.15) is 18.0 Å². The molecule has 0 amide bonds. The van der Waals surface area contributed by atoms with Crippen molar-refractivity contribution < 1.29 is 0 Å². The van der Waals surface area contributed by atoms with Gasteiger partial charge in [-0.1, -0.05) is 30.3 Å². The average Bonchev–Trinajstić information content (AvgIpc) is 3.31. The van der Waals surface area contributed by atoms with Crippen LogP contribution in [0.25, 0.3) is 22.2 Å². The van der Waals surface area contributed by atoms with Crippen LogP contribution in [0.3, 0.4) is 0 Å².